The molecule has 1 aliphatic rings. The van der Waals surface area contributed by atoms with Crippen molar-refractivity contribution in [2.45, 2.75) is 31.7 Å². The summed E-state index contributed by atoms with van der Waals surface area (Å²) in [6.07, 6.45) is 3.60. The van der Waals surface area contributed by atoms with E-state index < -0.39 is 16.1 Å². The molecule has 7 heteroatoms. The average molecular weight is 321 g/mol. The minimum atomic E-state index is -3.39. The van der Waals surface area contributed by atoms with Crippen LogP contribution in [0.15, 0.2) is 24.3 Å². The zero-order valence-corrected chi connectivity index (χ0v) is 13.3. The van der Waals surface area contributed by atoms with Crippen LogP contribution in [-0.2, 0) is 21.2 Å². The van der Waals surface area contributed by atoms with Crippen molar-refractivity contribution in [2.75, 3.05) is 18.1 Å². The minimum absolute atomic E-state index is 0.307. The normalized spacial score (nSPS) is 19.4. The molecular weight excluding hydrogens is 302 g/mol. The number of nitrogens with zero attached hydrogens (tertiary/aromatic N) is 2. The van der Waals surface area contributed by atoms with Gasteiger partial charge < -0.3 is 5.32 Å². The fourth-order valence-corrected chi connectivity index (χ4v) is 3.71. The van der Waals surface area contributed by atoms with E-state index in [0.29, 0.717) is 25.1 Å². The quantitative estimate of drug-likeness (QED) is 0.910. The maximum Gasteiger partial charge on any atom is 0.242 e. The van der Waals surface area contributed by atoms with Crippen molar-refractivity contribution in [1.82, 2.24) is 4.31 Å². The van der Waals surface area contributed by atoms with Gasteiger partial charge in [-0.05, 0) is 30.5 Å². The van der Waals surface area contributed by atoms with E-state index in [1.807, 2.05) is 0 Å². The van der Waals surface area contributed by atoms with E-state index >= 15 is 0 Å². The summed E-state index contributed by atoms with van der Waals surface area (Å²) in [5, 5.41) is 11.4. The summed E-state index contributed by atoms with van der Waals surface area (Å²) in [5.41, 5.74) is 1.47. The summed E-state index contributed by atoms with van der Waals surface area (Å²) < 4.78 is 24.8. The molecule has 0 saturated carbocycles. The SMILES string of the molecule is CS(=O)(=O)N1CCCCC1C(=O)Nc1ccc(CC#N)cc1. The van der Waals surface area contributed by atoms with Gasteiger partial charge in [0, 0.05) is 12.2 Å². The van der Waals surface area contributed by atoms with Crippen molar-refractivity contribution in [3.63, 3.8) is 0 Å². The third-order valence-corrected chi connectivity index (χ3v) is 4.98. The molecule has 0 spiro atoms. The highest BCUT2D eigenvalue weighted by Gasteiger charge is 2.34. The monoisotopic (exact) mass is 321 g/mol. The van der Waals surface area contributed by atoms with Crippen LogP contribution < -0.4 is 5.32 Å². The lowest BCUT2D eigenvalue weighted by atomic mass is 10.0. The molecule has 118 valence electrons. The minimum Gasteiger partial charge on any atom is -0.325 e. The van der Waals surface area contributed by atoms with Crippen LogP contribution in [0, 0.1) is 11.3 Å². The van der Waals surface area contributed by atoms with Crippen LogP contribution in [0.4, 0.5) is 5.69 Å². The average Bonchev–Trinajstić information content (AvgIpc) is 2.48. The lowest BCUT2D eigenvalue weighted by molar-refractivity contribution is -0.120. The van der Waals surface area contributed by atoms with E-state index in [9.17, 15) is 13.2 Å². The predicted molar refractivity (Wildman–Crippen MR) is 83.6 cm³/mol. The maximum absolute atomic E-state index is 12.4. The van der Waals surface area contributed by atoms with Gasteiger partial charge in [-0.2, -0.15) is 9.57 Å². The van der Waals surface area contributed by atoms with E-state index in [-0.39, 0.29) is 5.91 Å². The number of sulfonamides is 1. The highest BCUT2D eigenvalue weighted by molar-refractivity contribution is 7.88. The van der Waals surface area contributed by atoms with Gasteiger partial charge in [-0.3, -0.25) is 4.79 Å². The van der Waals surface area contributed by atoms with E-state index in [4.69, 9.17) is 5.26 Å². The topological polar surface area (TPSA) is 90.3 Å². The molecule has 1 N–H and O–H groups in total. The van der Waals surface area contributed by atoms with Crippen LogP contribution in [0.25, 0.3) is 0 Å². The molecule has 1 amide bonds. The summed E-state index contributed by atoms with van der Waals surface area (Å²) in [6, 6.07) is 8.39. The van der Waals surface area contributed by atoms with Gasteiger partial charge in [0.1, 0.15) is 6.04 Å². The van der Waals surface area contributed by atoms with Crippen LogP contribution in [0.5, 0.6) is 0 Å². The van der Waals surface area contributed by atoms with Gasteiger partial charge in [0.25, 0.3) is 0 Å². The van der Waals surface area contributed by atoms with E-state index in [0.717, 1.165) is 24.7 Å². The van der Waals surface area contributed by atoms with Crippen molar-refractivity contribution in [3.05, 3.63) is 29.8 Å². The summed E-state index contributed by atoms with van der Waals surface area (Å²) in [4.78, 5) is 12.4. The van der Waals surface area contributed by atoms with Gasteiger partial charge in [-0.25, -0.2) is 8.42 Å². The van der Waals surface area contributed by atoms with Crippen molar-refractivity contribution >= 4 is 21.6 Å². The van der Waals surface area contributed by atoms with Crippen LogP contribution in [0.2, 0.25) is 0 Å². The number of hydrogen-bond acceptors (Lipinski definition) is 4. The summed E-state index contributed by atoms with van der Waals surface area (Å²) >= 11 is 0. The molecule has 0 bridgehead atoms. The molecule has 0 radical (unpaired) electrons. The second-order valence-electron chi connectivity index (χ2n) is 5.41. The fraction of sp³-hybridized carbons (Fsp3) is 0.467. The predicted octanol–water partition coefficient (Wildman–Crippen LogP) is 1.51. The lowest BCUT2D eigenvalue weighted by Crippen LogP contribution is -2.49. The second-order valence-corrected chi connectivity index (χ2v) is 7.34. The number of carbonyl (C=O) groups is 1. The van der Waals surface area contributed by atoms with Crippen molar-refractivity contribution in [1.29, 1.82) is 5.26 Å². The Balaban J connectivity index is 2.08. The fourth-order valence-electron chi connectivity index (χ4n) is 2.59. The van der Waals surface area contributed by atoms with Crippen LogP contribution >= 0.6 is 0 Å². The number of benzene rings is 1. The first-order valence-corrected chi connectivity index (χ1v) is 9.00. The molecule has 2 rings (SSSR count). The smallest absolute Gasteiger partial charge is 0.242 e. The first-order chi connectivity index (χ1) is 10.4. The molecule has 1 unspecified atom stereocenters. The number of piperidine rings is 1. The highest BCUT2D eigenvalue weighted by atomic mass is 32.2. The zero-order chi connectivity index (χ0) is 16.2. The summed E-state index contributed by atoms with van der Waals surface area (Å²) in [6.45, 7) is 0.387. The molecule has 1 atom stereocenters. The molecule has 6 nitrogen and oxygen atoms in total. The van der Waals surface area contributed by atoms with E-state index in [1.54, 1.807) is 24.3 Å². The molecule has 1 aromatic carbocycles. The van der Waals surface area contributed by atoms with Gasteiger partial charge >= 0.3 is 0 Å². The van der Waals surface area contributed by atoms with Crippen molar-refractivity contribution in [3.8, 4) is 6.07 Å². The number of anilines is 1. The summed E-state index contributed by atoms with van der Waals surface area (Å²) in [5.74, 6) is -0.307. The molecule has 0 aromatic heterocycles. The number of rotatable bonds is 4. The number of amides is 1. The second kappa shape index (κ2) is 6.90. The molecule has 1 aromatic rings. The third-order valence-electron chi connectivity index (χ3n) is 3.69. The van der Waals surface area contributed by atoms with Crippen LogP contribution in [-0.4, -0.2) is 37.5 Å². The summed E-state index contributed by atoms with van der Waals surface area (Å²) in [7, 11) is -3.39. The number of carbonyl (C=O) groups excluding carboxylic acids is 1. The molecule has 1 saturated heterocycles. The number of nitriles is 1. The Kier molecular flexibility index (Phi) is 5.16. The van der Waals surface area contributed by atoms with Crippen molar-refractivity contribution in [2.24, 2.45) is 0 Å². The Morgan fingerprint density at radius 1 is 1.36 bits per heavy atom. The first kappa shape index (κ1) is 16.5. The van der Waals surface area contributed by atoms with Gasteiger partial charge in [0.2, 0.25) is 15.9 Å². The molecule has 1 heterocycles. The lowest BCUT2D eigenvalue weighted by Gasteiger charge is -2.32. The molecule has 1 fully saturated rings. The molecule has 22 heavy (non-hydrogen) atoms. The van der Waals surface area contributed by atoms with Crippen LogP contribution in [0.1, 0.15) is 24.8 Å². The standard InChI is InChI=1S/C15H19N3O3S/c1-22(20,21)18-11-3-2-4-14(18)15(19)17-13-7-5-12(6-8-13)9-10-16/h5-8,14H,2-4,9,11H2,1H3,(H,17,19). The van der Waals surface area contributed by atoms with Crippen LogP contribution in [0.3, 0.4) is 0 Å². The first-order valence-electron chi connectivity index (χ1n) is 7.15. The number of nitrogens with one attached hydrogen (secondary N) is 1. The largest absolute Gasteiger partial charge is 0.325 e. The van der Waals surface area contributed by atoms with E-state index in [1.165, 1.54) is 4.31 Å². The number of hydrogen-bond donors (Lipinski definition) is 1. The van der Waals surface area contributed by atoms with Crippen molar-refractivity contribution < 1.29 is 13.2 Å². The Labute approximate surface area is 130 Å². The maximum atomic E-state index is 12.4. The Morgan fingerprint density at radius 2 is 2.05 bits per heavy atom. The molecule has 0 aliphatic carbocycles. The van der Waals surface area contributed by atoms with Gasteiger partial charge in [0.15, 0.2) is 0 Å². The van der Waals surface area contributed by atoms with Gasteiger partial charge in [0.05, 0.1) is 18.7 Å². The third kappa shape index (κ3) is 4.06. The van der Waals surface area contributed by atoms with E-state index in [2.05, 4.69) is 11.4 Å². The van der Waals surface area contributed by atoms with Gasteiger partial charge in [-0.15, -0.1) is 0 Å². The Bertz CT molecular complexity index is 677. The van der Waals surface area contributed by atoms with Gasteiger partial charge in [-0.1, -0.05) is 18.6 Å². The Hall–Kier alpha value is -1.91. The molecular formula is C15H19N3O3S. The Morgan fingerprint density at radius 3 is 2.64 bits per heavy atom. The zero-order valence-electron chi connectivity index (χ0n) is 12.4. The highest BCUT2D eigenvalue weighted by Crippen LogP contribution is 2.21. The molecule has 1 aliphatic heterocycles.